The van der Waals surface area contributed by atoms with Crippen molar-refractivity contribution in [1.82, 2.24) is 9.80 Å². The second-order valence-corrected chi connectivity index (χ2v) is 5.17. The third kappa shape index (κ3) is 11.2. The fourth-order valence-corrected chi connectivity index (χ4v) is 2.25. The van der Waals surface area contributed by atoms with E-state index < -0.39 is 0 Å². The molecule has 4 nitrogen and oxygen atoms in total. The molecule has 0 saturated heterocycles. The highest BCUT2D eigenvalue weighted by atomic mass is 15.1. The molecule has 0 heterocycles. The Hall–Kier alpha value is -0.680. The Morgan fingerprint density at radius 2 is 1.00 bits per heavy atom. The third-order valence-electron chi connectivity index (χ3n) is 3.33. The Morgan fingerprint density at radius 1 is 0.650 bits per heavy atom. The average Bonchev–Trinajstić information content (AvgIpc) is 2.46. The maximum atomic E-state index is 5.57. The topological polar surface area (TPSA) is 58.5 Å². The van der Waals surface area contributed by atoms with Gasteiger partial charge in [-0.15, -0.1) is 13.2 Å². The van der Waals surface area contributed by atoms with Crippen molar-refractivity contribution in [3.63, 3.8) is 0 Å². The van der Waals surface area contributed by atoms with Crippen molar-refractivity contribution in [3.8, 4) is 0 Å². The van der Waals surface area contributed by atoms with Crippen LogP contribution >= 0.6 is 0 Å². The highest BCUT2D eigenvalue weighted by Crippen LogP contribution is 2.01. The van der Waals surface area contributed by atoms with Gasteiger partial charge in [-0.3, -0.25) is 9.80 Å². The monoisotopic (exact) mass is 282 g/mol. The zero-order valence-electron chi connectivity index (χ0n) is 13.1. The minimum absolute atomic E-state index is 0.764. The fourth-order valence-electron chi connectivity index (χ4n) is 2.25. The van der Waals surface area contributed by atoms with Crippen molar-refractivity contribution in [1.29, 1.82) is 0 Å². The van der Waals surface area contributed by atoms with Crippen LogP contribution in [-0.2, 0) is 0 Å². The van der Waals surface area contributed by atoms with Crippen LogP contribution in [0.3, 0.4) is 0 Å². The van der Waals surface area contributed by atoms with Gasteiger partial charge in [0.25, 0.3) is 0 Å². The molecule has 0 unspecified atom stereocenters. The summed E-state index contributed by atoms with van der Waals surface area (Å²) in [5, 5.41) is 0. The molecule has 0 aliphatic carbocycles. The number of hydrogen-bond acceptors (Lipinski definition) is 4. The van der Waals surface area contributed by atoms with Crippen LogP contribution in [0.2, 0.25) is 0 Å². The smallest absolute Gasteiger partial charge is 0.0160 e. The van der Waals surface area contributed by atoms with Crippen LogP contribution in [0.15, 0.2) is 25.3 Å². The van der Waals surface area contributed by atoms with E-state index in [1.54, 1.807) is 0 Å². The van der Waals surface area contributed by atoms with Crippen molar-refractivity contribution in [2.75, 3.05) is 52.4 Å². The molecule has 0 aromatic heterocycles. The van der Waals surface area contributed by atoms with Gasteiger partial charge in [0.2, 0.25) is 0 Å². The number of hydrogen-bond donors (Lipinski definition) is 2. The van der Waals surface area contributed by atoms with E-state index in [9.17, 15) is 0 Å². The molecule has 0 spiro atoms. The lowest BCUT2D eigenvalue weighted by Crippen LogP contribution is -2.30. The van der Waals surface area contributed by atoms with E-state index >= 15 is 0 Å². The first-order chi connectivity index (χ1) is 9.78. The SMILES string of the molecule is C=CCN(CCCN)CCCCN(CC=C)CCCN. The van der Waals surface area contributed by atoms with E-state index in [1.807, 2.05) is 12.2 Å². The molecule has 0 rings (SSSR count). The fraction of sp³-hybridized carbons (Fsp3) is 0.750. The van der Waals surface area contributed by atoms with E-state index in [0.29, 0.717) is 0 Å². The number of nitrogens with two attached hydrogens (primary N) is 2. The Morgan fingerprint density at radius 3 is 1.30 bits per heavy atom. The summed E-state index contributed by atoms with van der Waals surface area (Å²) in [6.45, 7) is 15.5. The van der Waals surface area contributed by atoms with Crippen molar-refractivity contribution in [2.45, 2.75) is 25.7 Å². The zero-order valence-corrected chi connectivity index (χ0v) is 13.1. The van der Waals surface area contributed by atoms with Crippen LogP contribution in [0.25, 0.3) is 0 Å². The lowest BCUT2D eigenvalue weighted by Gasteiger charge is -2.23. The van der Waals surface area contributed by atoms with Crippen molar-refractivity contribution in [3.05, 3.63) is 25.3 Å². The molecule has 4 N–H and O–H groups in total. The predicted octanol–water partition coefficient (Wildman–Crippen LogP) is 1.44. The highest BCUT2D eigenvalue weighted by Gasteiger charge is 2.04. The summed E-state index contributed by atoms with van der Waals surface area (Å²) in [5.74, 6) is 0. The molecule has 0 aromatic rings. The van der Waals surface area contributed by atoms with E-state index in [1.165, 1.54) is 12.8 Å². The highest BCUT2D eigenvalue weighted by molar-refractivity contribution is 4.75. The number of rotatable bonds is 15. The van der Waals surface area contributed by atoms with Crippen LogP contribution in [0.4, 0.5) is 0 Å². The summed E-state index contributed by atoms with van der Waals surface area (Å²) in [6, 6.07) is 0. The third-order valence-corrected chi connectivity index (χ3v) is 3.33. The summed E-state index contributed by atoms with van der Waals surface area (Å²) in [5.41, 5.74) is 11.1. The molecule has 0 amide bonds. The Bertz CT molecular complexity index is 207. The predicted molar refractivity (Wildman–Crippen MR) is 89.9 cm³/mol. The number of unbranched alkanes of at least 4 members (excludes halogenated alkanes) is 1. The van der Waals surface area contributed by atoms with Gasteiger partial charge in [-0.1, -0.05) is 12.2 Å². The standard InChI is InChI=1S/C16H34N4/c1-3-11-19(15-7-9-17)13-5-6-14-20(12-4-2)16-8-10-18/h3-4H,1-2,5-18H2. The van der Waals surface area contributed by atoms with Gasteiger partial charge in [0.15, 0.2) is 0 Å². The summed E-state index contributed by atoms with van der Waals surface area (Å²) < 4.78 is 0. The van der Waals surface area contributed by atoms with Crippen LogP contribution in [-0.4, -0.2) is 62.2 Å². The second kappa shape index (κ2) is 14.7. The maximum absolute atomic E-state index is 5.57. The van der Waals surface area contributed by atoms with Crippen LogP contribution in [0.1, 0.15) is 25.7 Å². The molecule has 0 atom stereocenters. The van der Waals surface area contributed by atoms with Gasteiger partial charge < -0.3 is 11.5 Å². The normalized spacial score (nSPS) is 11.2. The summed E-state index contributed by atoms with van der Waals surface area (Å²) in [6.07, 6.45) is 8.51. The molecular formula is C16H34N4. The molecule has 0 radical (unpaired) electrons. The molecular weight excluding hydrogens is 248 g/mol. The first-order valence-electron chi connectivity index (χ1n) is 7.85. The lowest BCUT2D eigenvalue weighted by atomic mass is 10.2. The molecule has 20 heavy (non-hydrogen) atoms. The first-order valence-corrected chi connectivity index (χ1v) is 7.85. The first kappa shape index (κ1) is 19.3. The molecule has 0 aliphatic rings. The molecule has 0 aromatic carbocycles. The van der Waals surface area contributed by atoms with Gasteiger partial charge in [-0.2, -0.15) is 0 Å². The quantitative estimate of drug-likeness (QED) is 0.352. The Balaban J connectivity index is 3.81. The Labute approximate surface area is 125 Å². The van der Waals surface area contributed by atoms with Gasteiger partial charge in [-0.05, 0) is 65.0 Å². The molecule has 0 aliphatic heterocycles. The molecule has 4 heteroatoms. The van der Waals surface area contributed by atoms with Crippen molar-refractivity contribution < 1.29 is 0 Å². The average molecular weight is 282 g/mol. The Kier molecular flexibility index (Phi) is 14.2. The van der Waals surface area contributed by atoms with Crippen molar-refractivity contribution >= 4 is 0 Å². The van der Waals surface area contributed by atoms with Crippen molar-refractivity contribution in [2.24, 2.45) is 11.5 Å². The maximum Gasteiger partial charge on any atom is 0.0160 e. The molecule has 118 valence electrons. The minimum atomic E-state index is 0.764. The number of nitrogens with zero attached hydrogens (tertiary/aromatic N) is 2. The van der Waals surface area contributed by atoms with Crippen LogP contribution in [0, 0.1) is 0 Å². The largest absolute Gasteiger partial charge is 0.330 e. The van der Waals surface area contributed by atoms with E-state index in [-0.39, 0.29) is 0 Å². The van der Waals surface area contributed by atoms with Gasteiger partial charge >= 0.3 is 0 Å². The summed E-state index contributed by atoms with van der Waals surface area (Å²) >= 11 is 0. The van der Waals surface area contributed by atoms with E-state index in [0.717, 1.165) is 65.2 Å². The van der Waals surface area contributed by atoms with E-state index in [2.05, 4.69) is 23.0 Å². The second-order valence-electron chi connectivity index (χ2n) is 5.17. The van der Waals surface area contributed by atoms with Gasteiger partial charge in [0, 0.05) is 13.1 Å². The van der Waals surface area contributed by atoms with Gasteiger partial charge in [0.1, 0.15) is 0 Å². The van der Waals surface area contributed by atoms with Crippen LogP contribution in [0.5, 0.6) is 0 Å². The minimum Gasteiger partial charge on any atom is -0.330 e. The van der Waals surface area contributed by atoms with Gasteiger partial charge in [0.05, 0.1) is 0 Å². The molecule has 0 bridgehead atoms. The van der Waals surface area contributed by atoms with Gasteiger partial charge in [-0.25, -0.2) is 0 Å². The summed E-state index contributed by atoms with van der Waals surface area (Å²) in [7, 11) is 0. The zero-order chi connectivity index (χ0) is 15.1. The van der Waals surface area contributed by atoms with Crippen LogP contribution < -0.4 is 11.5 Å². The molecule has 0 fully saturated rings. The lowest BCUT2D eigenvalue weighted by molar-refractivity contribution is 0.263. The van der Waals surface area contributed by atoms with E-state index in [4.69, 9.17) is 11.5 Å². The molecule has 0 saturated carbocycles. The summed E-state index contributed by atoms with van der Waals surface area (Å²) in [4.78, 5) is 4.86.